The average molecular weight is 283 g/mol. The van der Waals surface area contributed by atoms with Gasteiger partial charge in [-0.2, -0.15) is 13.2 Å². The Hall–Kier alpha value is -0.940. The first-order valence-corrected chi connectivity index (χ1v) is 5.84. The lowest BCUT2D eigenvalue weighted by Crippen LogP contribution is -2.10. The molecule has 0 aromatic heterocycles. The fraction of sp³-hybridized carbons (Fsp3) is 0.500. The van der Waals surface area contributed by atoms with E-state index in [1.54, 1.807) is 6.07 Å². The van der Waals surface area contributed by atoms with Crippen LogP contribution in [0.4, 0.5) is 13.2 Å². The summed E-state index contributed by atoms with van der Waals surface area (Å²) in [5.74, 6) is 0.358. The van der Waals surface area contributed by atoms with Gasteiger partial charge in [-0.15, -0.1) is 0 Å². The van der Waals surface area contributed by atoms with Crippen molar-refractivity contribution in [1.82, 2.24) is 0 Å². The van der Waals surface area contributed by atoms with E-state index >= 15 is 0 Å². The minimum absolute atomic E-state index is 0.0547. The zero-order valence-electron chi connectivity index (χ0n) is 9.80. The molecule has 6 heteroatoms. The Morgan fingerprint density at radius 3 is 2.61 bits per heavy atom. The second-order valence-corrected chi connectivity index (χ2v) is 4.36. The fourth-order valence-electron chi connectivity index (χ4n) is 1.43. The van der Waals surface area contributed by atoms with E-state index in [0.717, 1.165) is 0 Å². The van der Waals surface area contributed by atoms with Gasteiger partial charge in [-0.1, -0.05) is 11.6 Å². The minimum Gasteiger partial charge on any atom is -0.493 e. The molecule has 1 N–H and O–H groups in total. The van der Waals surface area contributed by atoms with Crippen LogP contribution in [0.2, 0.25) is 5.02 Å². The summed E-state index contributed by atoms with van der Waals surface area (Å²) in [5, 5.41) is 9.93. The monoisotopic (exact) mass is 282 g/mol. The first kappa shape index (κ1) is 15.1. The van der Waals surface area contributed by atoms with Crippen LogP contribution in [0.5, 0.6) is 5.75 Å². The van der Waals surface area contributed by atoms with Crippen LogP contribution in [0.3, 0.4) is 0 Å². The molecule has 0 aliphatic carbocycles. The molecule has 0 saturated heterocycles. The zero-order valence-corrected chi connectivity index (χ0v) is 10.6. The summed E-state index contributed by atoms with van der Waals surface area (Å²) < 4.78 is 41.0. The third-order valence-electron chi connectivity index (χ3n) is 2.28. The number of halogens is 4. The molecule has 0 fully saturated rings. The van der Waals surface area contributed by atoms with Crippen molar-refractivity contribution in [1.29, 1.82) is 0 Å². The van der Waals surface area contributed by atoms with Gasteiger partial charge in [0.1, 0.15) is 5.75 Å². The van der Waals surface area contributed by atoms with Gasteiger partial charge in [-0.05, 0) is 31.5 Å². The largest absolute Gasteiger partial charge is 0.493 e. The Bertz CT molecular complexity index is 391. The first-order valence-electron chi connectivity index (χ1n) is 5.46. The molecule has 0 radical (unpaired) electrons. The highest BCUT2D eigenvalue weighted by Gasteiger charge is 2.26. The highest BCUT2D eigenvalue weighted by Crippen LogP contribution is 2.29. The van der Waals surface area contributed by atoms with E-state index in [2.05, 4.69) is 0 Å². The van der Waals surface area contributed by atoms with E-state index in [-0.39, 0.29) is 13.0 Å². The van der Waals surface area contributed by atoms with Gasteiger partial charge in [0.25, 0.3) is 0 Å². The van der Waals surface area contributed by atoms with Crippen LogP contribution < -0.4 is 4.74 Å². The predicted octanol–water partition coefficient (Wildman–Crippen LogP) is 4.11. The highest BCUT2D eigenvalue weighted by atomic mass is 35.5. The molecule has 1 aromatic rings. The van der Waals surface area contributed by atoms with Crippen LogP contribution in [0, 0.1) is 0 Å². The number of alkyl halides is 3. The second kappa shape index (κ2) is 6.29. The molecule has 1 rings (SSSR count). The van der Waals surface area contributed by atoms with E-state index < -0.39 is 18.7 Å². The molecule has 0 bridgehead atoms. The van der Waals surface area contributed by atoms with Crippen LogP contribution in [0.1, 0.15) is 31.4 Å². The lowest BCUT2D eigenvalue weighted by atomic mass is 10.1. The van der Waals surface area contributed by atoms with Crippen LogP contribution in [0.25, 0.3) is 0 Å². The molecule has 0 amide bonds. The highest BCUT2D eigenvalue weighted by molar-refractivity contribution is 6.30. The zero-order chi connectivity index (χ0) is 13.8. The number of hydrogen-bond donors (Lipinski definition) is 1. The molecular formula is C12H14ClF3O2. The molecule has 0 spiro atoms. The van der Waals surface area contributed by atoms with Gasteiger partial charge in [0.2, 0.25) is 0 Å². The number of aliphatic hydroxyl groups is 1. The van der Waals surface area contributed by atoms with Crippen molar-refractivity contribution >= 4 is 11.6 Å². The second-order valence-electron chi connectivity index (χ2n) is 3.93. The van der Waals surface area contributed by atoms with Gasteiger partial charge in [0.15, 0.2) is 0 Å². The molecule has 102 valence electrons. The van der Waals surface area contributed by atoms with Crippen molar-refractivity contribution in [2.75, 3.05) is 6.61 Å². The minimum atomic E-state index is -4.17. The first-order chi connectivity index (χ1) is 8.29. The van der Waals surface area contributed by atoms with E-state index in [0.29, 0.717) is 16.3 Å². The van der Waals surface area contributed by atoms with Gasteiger partial charge in [-0.25, -0.2) is 0 Å². The maximum absolute atomic E-state index is 11.9. The molecule has 0 saturated carbocycles. The predicted molar refractivity (Wildman–Crippen MR) is 62.9 cm³/mol. The Morgan fingerprint density at radius 1 is 1.39 bits per heavy atom. The third-order valence-corrected chi connectivity index (χ3v) is 2.52. The van der Waals surface area contributed by atoms with Crippen molar-refractivity contribution in [2.45, 2.75) is 32.0 Å². The summed E-state index contributed by atoms with van der Waals surface area (Å²) in [7, 11) is 0. The van der Waals surface area contributed by atoms with Gasteiger partial charge < -0.3 is 9.84 Å². The molecule has 1 aromatic carbocycles. The number of hydrogen-bond acceptors (Lipinski definition) is 2. The van der Waals surface area contributed by atoms with Crippen molar-refractivity contribution in [2.24, 2.45) is 0 Å². The maximum atomic E-state index is 11.9. The van der Waals surface area contributed by atoms with Gasteiger partial charge >= 0.3 is 6.18 Å². The quantitative estimate of drug-likeness (QED) is 0.824. The average Bonchev–Trinajstić information content (AvgIpc) is 2.24. The van der Waals surface area contributed by atoms with E-state index in [4.69, 9.17) is 16.3 Å². The van der Waals surface area contributed by atoms with Crippen LogP contribution in [0.15, 0.2) is 18.2 Å². The van der Waals surface area contributed by atoms with Gasteiger partial charge in [0, 0.05) is 17.0 Å². The van der Waals surface area contributed by atoms with E-state index in [1.165, 1.54) is 19.1 Å². The van der Waals surface area contributed by atoms with Crippen molar-refractivity contribution in [3.63, 3.8) is 0 Å². The maximum Gasteiger partial charge on any atom is 0.389 e. The number of ether oxygens (including phenoxy) is 1. The summed E-state index contributed by atoms with van der Waals surface area (Å²) in [6, 6.07) is 4.63. The molecule has 18 heavy (non-hydrogen) atoms. The van der Waals surface area contributed by atoms with Gasteiger partial charge in [0.05, 0.1) is 12.7 Å². The van der Waals surface area contributed by atoms with Crippen molar-refractivity contribution in [3.8, 4) is 5.75 Å². The van der Waals surface area contributed by atoms with Crippen molar-refractivity contribution in [3.05, 3.63) is 28.8 Å². The van der Waals surface area contributed by atoms with E-state index in [9.17, 15) is 18.3 Å². The number of benzene rings is 1. The summed E-state index contributed by atoms with van der Waals surface area (Å²) in [6.45, 7) is 1.48. The standard InChI is InChI=1S/C12H14ClF3O2/c1-8(17)10-7-9(13)3-4-11(10)18-6-2-5-12(14,15)16/h3-4,7-8,17H,2,5-6H2,1H3/t8-/m0/s1. The van der Waals surface area contributed by atoms with Crippen LogP contribution in [-0.2, 0) is 0 Å². The van der Waals surface area contributed by atoms with Crippen LogP contribution in [-0.4, -0.2) is 17.9 Å². The molecule has 1 atom stereocenters. The van der Waals surface area contributed by atoms with Gasteiger partial charge in [-0.3, -0.25) is 0 Å². The van der Waals surface area contributed by atoms with Crippen molar-refractivity contribution < 1.29 is 23.0 Å². The Balaban J connectivity index is 2.57. The summed E-state index contributed by atoms with van der Waals surface area (Å²) in [4.78, 5) is 0. The number of aliphatic hydroxyl groups excluding tert-OH is 1. The SMILES string of the molecule is C[C@H](O)c1cc(Cl)ccc1OCCCC(F)(F)F. The molecule has 0 unspecified atom stereocenters. The lowest BCUT2D eigenvalue weighted by molar-refractivity contribution is -0.136. The van der Waals surface area contributed by atoms with E-state index in [1.807, 2.05) is 0 Å². The smallest absolute Gasteiger partial charge is 0.389 e. The topological polar surface area (TPSA) is 29.5 Å². The summed E-state index contributed by atoms with van der Waals surface area (Å²) >= 11 is 5.77. The summed E-state index contributed by atoms with van der Waals surface area (Å²) in [5.41, 5.74) is 0.467. The summed E-state index contributed by atoms with van der Waals surface area (Å²) in [6.07, 6.45) is -5.96. The molecule has 0 aliphatic rings. The lowest BCUT2D eigenvalue weighted by Gasteiger charge is -2.14. The Kier molecular flexibility index (Phi) is 5.28. The van der Waals surface area contributed by atoms with Crippen LogP contribution >= 0.6 is 11.6 Å². The Morgan fingerprint density at radius 2 is 2.06 bits per heavy atom. The molecular weight excluding hydrogens is 269 g/mol. The normalized spacial score (nSPS) is 13.4. The Labute approximate surface area is 108 Å². The molecule has 0 heterocycles. The fourth-order valence-corrected chi connectivity index (χ4v) is 1.61. The molecule has 0 aliphatic heterocycles. The number of rotatable bonds is 5. The third kappa shape index (κ3) is 5.14. The molecule has 2 nitrogen and oxygen atoms in total.